The number of rotatable bonds is 3. The molecular formula is C14H16ClN3O2. The molecule has 1 fully saturated rings. The predicted molar refractivity (Wildman–Crippen MR) is 75.0 cm³/mol. The van der Waals surface area contributed by atoms with E-state index in [-0.39, 0.29) is 12.7 Å². The van der Waals surface area contributed by atoms with Gasteiger partial charge in [0, 0.05) is 11.6 Å². The number of hydrogen-bond donors (Lipinski definition) is 1. The summed E-state index contributed by atoms with van der Waals surface area (Å²) in [5, 5.41) is 18.4. The van der Waals surface area contributed by atoms with Crippen LogP contribution in [0.15, 0.2) is 18.2 Å². The Labute approximate surface area is 122 Å². The van der Waals surface area contributed by atoms with E-state index in [1.165, 1.54) is 0 Å². The van der Waals surface area contributed by atoms with Crippen LogP contribution in [0, 0.1) is 6.92 Å². The van der Waals surface area contributed by atoms with Crippen LogP contribution in [-0.4, -0.2) is 26.7 Å². The van der Waals surface area contributed by atoms with Crippen LogP contribution in [0.2, 0.25) is 5.02 Å². The van der Waals surface area contributed by atoms with Gasteiger partial charge in [0.05, 0.1) is 18.0 Å². The zero-order chi connectivity index (χ0) is 14.1. The van der Waals surface area contributed by atoms with Crippen molar-refractivity contribution in [3.8, 4) is 5.69 Å². The fourth-order valence-electron chi connectivity index (χ4n) is 2.58. The van der Waals surface area contributed by atoms with E-state index >= 15 is 0 Å². The standard InChI is InChI=1S/C14H16ClN3O2/c1-9-7-10(15)4-5-12(9)18-14(11(8-19)16-17-18)13-3-2-6-20-13/h4-5,7,13,19H,2-3,6,8H2,1H3. The van der Waals surface area contributed by atoms with Crippen LogP contribution in [0.3, 0.4) is 0 Å². The Balaban J connectivity index is 2.11. The van der Waals surface area contributed by atoms with E-state index in [0.717, 1.165) is 36.4 Å². The third-order valence-corrected chi connectivity index (χ3v) is 3.79. The maximum absolute atomic E-state index is 9.46. The van der Waals surface area contributed by atoms with Gasteiger partial charge in [-0.15, -0.1) is 5.10 Å². The molecule has 106 valence electrons. The average Bonchev–Trinajstić information content (AvgIpc) is 3.06. The van der Waals surface area contributed by atoms with Gasteiger partial charge in [-0.05, 0) is 43.5 Å². The second-order valence-corrected chi connectivity index (χ2v) is 5.36. The van der Waals surface area contributed by atoms with Crippen molar-refractivity contribution in [2.24, 2.45) is 0 Å². The Hall–Kier alpha value is -1.43. The normalized spacial score (nSPS) is 18.6. The van der Waals surface area contributed by atoms with Gasteiger partial charge in [-0.3, -0.25) is 0 Å². The van der Waals surface area contributed by atoms with E-state index in [0.29, 0.717) is 10.7 Å². The molecule has 1 saturated heterocycles. The van der Waals surface area contributed by atoms with Crippen molar-refractivity contribution < 1.29 is 9.84 Å². The first-order valence-electron chi connectivity index (χ1n) is 6.64. The van der Waals surface area contributed by atoms with E-state index in [9.17, 15) is 5.11 Å². The molecule has 0 amide bonds. The highest BCUT2D eigenvalue weighted by Gasteiger charge is 2.27. The Morgan fingerprint density at radius 1 is 1.50 bits per heavy atom. The highest BCUT2D eigenvalue weighted by atomic mass is 35.5. The Morgan fingerprint density at radius 2 is 2.35 bits per heavy atom. The number of ether oxygens (including phenoxy) is 1. The summed E-state index contributed by atoms with van der Waals surface area (Å²) in [7, 11) is 0. The first-order valence-corrected chi connectivity index (χ1v) is 7.02. The average molecular weight is 294 g/mol. The molecule has 1 aromatic carbocycles. The third-order valence-electron chi connectivity index (χ3n) is 3.55. The largest absolute Gasteiger partial charge is 0.390 e. The van der Waals surface area contributed by atoms with Crippen molar-refractivity contribution in [2.75, 3.05) is 6.61 Å². The van der Waals surface area contributed by atoms with Gasteiger partial charge >= 0.3 is 0 Å². The molecule has 1 N–H and O–H groups in total. The second kappa shape index (κ2) is 5.52. The molecule has 0 aliphatic carbocycles. The molecule has 0 saturated carbocycles. The summed E-state index contributed by atoms with van der Waals surface area (Å²) in [5.74, 6) is 0. The lowest BCUT2D eigenvalue weighted by molar-refractivity contribution is 0.104. The second-order valence-electron chi connectivity index (χ2n) is 4.92. The van der Waals surface area contributed by atoms with Gasteiger partial charge in [-0.2, -0.15) is 0 Å². The molecule has 0 bridgehead atoms. The molecule has 1 unspecified atom stereocenters. The van der Waals surface area contributed by atoms with E-state index in [2.05, 4.69) is 10.3 Å². The van der Waals surface area contributed by atoms with Crippen LogP contribution in [-0.2, 0) is 11.3 Å². The summed E-state index contributed by atoms with van der Waals surface area (Å²) in [5.41, 5.74) is 3.33. The summed E-state index contributed by atoms with van der Waals surface area (Å²) in [4.78, 5) is 0. The number of nitrogens with zero attached hydrogens (tertiary/aromatic N) is 3. The molecule has 2 aromatic rings. The Morgan fingerprint density at radius 3 is 3.00 bits per heavy atom. The molecule has 0 radical (unpaired) electrons. The summed E-state index contributed by atoms with van der Waals surface area (Å²) < 4.78 is 7.48. The molecule has 20 heavy (non-hydrogen) atoms. The first-order chi connectivity index (χ1) is 9.70. The summed E-state index contributed by atoms with van der Waals surface area (Å²) in [6.07, 6.45) is 1.88. The molecule has 5 nitrogen and oxygen atoms in total. The third kappa shape index (κ3) is 2.32. The van der Waals surface area contributed by atoms with Gasteiger partial charge in [0.2, 0.25) is 0 Å². The maximum atomic E-state index is 9.46. The van der Waals surface area contributed by atoms with Crippen molar-refractivity contribution >= 4 is 11.6 Å². The SMILES string of the molecule is Cc1cc(Cl)ccc1-n1nnc(CO)c1C1CCCO1. The fraction of sp³-hybridized carbons (Fsp3) is 0.429. The quantitative estimate of drug-likeness (QED) is 0.945. The summed E-state index contributed by atoms with van der Waals surface area (Å²) >= 11 is 5.99. The number of hydrogen-bond acceptors (Lipinski definition) is 4. The van der Waals surface area contributed by atoms with Crippen molar-refractivity contribution in [1.82, 2.24) is 15.0 Å². The first kappa shape index (κ1) is 13.5. The van der Waals surface area contributed by atoms with Crippen LogP contribution in [0.4, 0.5) is 0 Å². The molecule has 1 aromatic heterocycles. The van der Waals surface area contributed by atoms with Gasteiger partial charge in [0.15, 0.2) is 0 Å². The smallest absolute Gasteiger partial charge is 0.114 e. The molecule has 1 atom stereocenters. The monoisotopic (exact) mass is 293 g/mol. The topological polar surface area (TPSA) is 60.2 Å². The number of aliphatic hydroxyl groups is 1. The van der Waals surface area contributed by atoms with Crippen molar-refractivity contribution in [1.29, 1.82) is 0 Å². The Kier molecular flexibility index (Phi) is 3.74. The van der Waals surface area contributed by atoms with Crippen molar-refractivity contribution in [3.63, 3.8) is 0 Å². The van der Waals surface area contributed by atoms with Crippen LogP contribution in [0.5, 0.6) is 0 Å². The van der Waals surface area contributed by atoms with Crippen molar-refractivity contribution in [2.45, 2.75) is 32.5 Å². The maximum Gasteiger partial charge on any atom is 0.114 e. The molecule has 0 spiro atoms. The number of benzene rings is 1. The highest BCUT2D eigenvalue weighted by Crippen LogP contribution is 2.32. The van der Waals surface area contributed by atoms with Crippen LogP contribution in [0.25, 0.3) is 5.69 Å². The zero-order valence-electron chi connectivity index (χ0n) is 11.2. The molecule has 1 aliphatic heterocycles. The van der Waals surface area contributed by atoms with Crippen LogP contribution in [0.1, 0.15) is 35.9 Å². The number of aryl methyl sites for hydroxylation is 1. The summed E-state index contributed by atoms with van der Waals surface area (Å²) in [6.45, 7) is 2.57. The minimum atomic E-state index is -0.137. The molecule has 1 aliphatic rings. The van der Waals surface area contributed by atoms with Crippen LogP contribution < -0.4 is 0 Å². The van der Waals surface area contributed by atoms with E-state index in [1.807, 2.05) is 25.1 Å². The molecule has 3 rings (SSSR count). The predicted octanol–water partition coefficient (Wildman–Crippen LogP) is 2.57. The number of aliphatic hydroxyl groups excluding tert-OH is 1. The molecular weight excluding hydrogens is 278 g/mol. The van der Waals surface area contributed by atoms with Gasteiger partial charge in [0.1, 0.15) is 11.8 Å². The lowest BCUT2D eigenvalue weighted by Crippen LogP contribution is -2.10. The fourth-order valence-corrected chi connectivity index (χ4v) is 2.81. The number of aromatic nitrogens is 3. The Bertz CT molecular complexity index is 621. The van der Waals surface area contributed by atoms with Gasteiger partial charge in [0.25, 0.3) is 0 Å². The van der Waals surface area contributed by atoms with Crippen molar-refractivity contribution in [3.05, 3.63) is 40.2 Å². The van der Waals surface area contributed by atoms with Gasteiger partial charge < -0.3 is 9.84 Å². The summed E-state index contributed by atoms with van der Waals surface area (Å²) in [6, 6.07) is 5.62. The minimum Gasteiger partial charge on any atom is -0.390 e. The highest BCUT2D eigenvalue weighted by molar-refractivity contribution is 6.30. The van der Waals surface area contributed by atoms with Gasteiger partial charge in [-0.1, -0.05) is 16.8 Å². The lowest BCUT2D eigenvalue weighted by atomic mass is 10.1. The van der Waals surface area contributed by atoms with E-state index in [4.69, 9.17) is 16.3 Å². The minimum absolute atomic E-state index is 0.0535. The van der Waals surface area contributed by atoms with E-state index < -0.39 is 0 Å². The van der Waals surface area contributed by atoms with E-state index in [1.54, 1.807) is 4.68 Å². The lowest BCUT2D eigenvalue weighted by Gasteiger charge is -2.14. The number of halogens is 1. The molecule has 6 heteroatoms. The zero-order valence-corrected chi connectivity index (χ0v) is 12.0. The van der Waals surface area contributed by atoms with Gasteiger partial charge in [-0.25, -0.2) is 4.68 Å². The molecule has 2 heterocycles. The van der Waals surface area contributed by atoms with Crippen LogP contribution >= 0.6 is 11.6 Å².